The van der Waals surface area contributed by atoms with Gasteiger partial charge in [-0.3, -0.25) is 10.1 Å². The molecule has 0 saturated carbocycles. The second kappa shape index (κ2) is 9.48. The van der Waals surface area contributed by atoms with Gasteiger partial charge in [-0.15, -0.1) is 5.10 Å². The molecular weight excluding hydrogens is 452 g/mol. The predicted octanol–water partition coefficient (Wildman–Crippen LogP) is 4.44. The highest BCUT2D eigenvalue weighted by molar-refractivity contribution is 5.77. The van der Waals surface area contributed by atoms with Gasteiger partial charge in [0.2, 0.25) is 0 Å². The fraction of sp³-hybridized carbons (Fsp3) is 0.0800. The number of benzene rings is 3. The molecule has 2 aromatic heterocycles. The Morgan fingerprint density at radius 2 is 1.69 bits per heavy atom. The third-order valence-electron chi connectivity index (χ3n) is 5.15. The van der Waals surface area contributed by atoms with E-state index < -0.39 is 10.5 Å². The van der Waals surface area contributed by atoms with Crippen LogP contribution in [0.2, 0.25) is 0 Å². The SMILES string of the molecule is O=c1ccc2ccc(OCc3cn(-c4ccc(OCc5cccc([N+](=O)[O-])c5)cc4)nn3)cc2o1. The van der Waals surface area contributed by atoms with Crippen molar-refractivity contribution >= 4 is 16.7 Å². The normalized spacial score (nSPS) is 10.9. The molecule has 0 amide bonds. The molecule has 0 atom stereocenters. The fourth-order valence-corrected chi connectivity index (χ4v) is 3.40. The standard InChI is InChI=1S/C25H18N4O6/c30-25-11-5-18-4-8-23(13-24(18)35-25)34-16-19-14-28(27-26-19)20-6-9-22(10-7-20)33-15-17-2-1-3-21(12-17)29(31)32/h1-14H,15-16H2. The average molecular weight is 470 g/mol. The van der Waals surface area contributed by atoms with Crippen LogP contribution in [0.1, 0.15) is 11.3 Å². The largest absolute Gasteiger partial charge is 0.489 e. The van der Waals surface area contributed by atoms with Crippen LogP contribution in [0.25, 0.3) is 16.7 Å². The van der Waals surface area contributed by atoms with E-state index in [1.165, 1.54) is 18.2 Å². The number of hydrogen-bond acceptors (Lipinski definition) is 8. The highest BCUT2D eigenvalue weighted by Gasteiger charge is 2.08. The van der Waals surface area contributed by atoms with Crippen molar-refractivity contribution in [1.82, 2.24) is 15.0 Å². The number of rotatable bonds is 8. The Morgan fingerprint density at radius 3 is 2.51 bits per heavy atom. The van der Waals surface area contributed by atoms with Crippen molar-refractivity contribution in [3.8, 4) is 17.2 Å². The van der Waals surface area contributed by atoms with Gasteiger partial charge in [-0.25, -0.2) is 9.48 Å². The summed E-state index contributed by atoms with van der Waals surface area (Å²) < 4.78 is 18.3. The van der Waals surface area contributed by atoms with Gasteiger partial charge in [-0.05, 0) is 48.0 Å². The van der Waals surface area contributed by atoms with Crippen LogP contribution in [0.5, 0.6) is 11.5 Å². The van der Waals surface area contributed by atoms with Crippen molar-refractivity contribution in [3.63, 3.8) is 0 Å². The van der Waals surface area contributed by atoms with Gasteiger partial charge in [0.1, 0.15) is 36.0 Å². The highest BCUT2D eigenvalue weighted by atomic mass is 16.6. The molecule has 0 saturated heterocycles. The Kier molecular flexibility index (Phi) is 5.91. The lowest BCUT2D eigenvalue weighted by molar-refractivity contribution is -0.384. The second-order valence-electron chi connectivity index (χ2n) is 7.61. The maximum atomic E-state index is 11.4. The summed E-state index contributed by atoms with van der Waals surface area (Å²) in [6, 6.07) is 21.9. The summed E-state index contributed by atoms with van der Waals surface area (Å²) in [5, 5.41) is 20.0. The van der Waals surface area contributed by atoms with E-state index >= 15 is 0 Å². The van der Waals surface area contributed by atoms with Crippen molar-refractivity contribution in [2.45, 2.75) is 13.2 Å². The van der Waals surface area contributed by atoms with Crippen LogP contribution >= 0.6 is 0 Å². The maximum absolute atomic E-state index is 11.4. The number of nitrogens with zero attached hydrogens (tertiary/aromatic N) is 4. The first-order valence-electron chi connectivity index (χ1n) is 10.6. The van der Waals surface area contributed by atoms with Gasteiger partial charge in [0.05, 0.1) is 16.8 Å². The Hall–Kier alpha value is -4.99. The minimum Gasteiger partial charge on any atom is -0.489 e. The van der Waals surface area contributed by atoms with E-state index in [0.29, 0.717) is 28.3 Å². The zero-order chi connectivity index (χ0) is 24.2. The number of hydrogen-bond donors (Lipinski definition) is 0. The molecule has 0 bridgehead atoms. The third kappa shape index (κ3) is 5.17. The van der Waals surface area contributed by atoms with Crippen LogP contribution in [0.3, 0.4) is 0 Å². The van der Waals surface area contributed by atoms with Crippen molar-refractivity contribution in [1.29, 1.82) is 0 Å². The molecule has 0 aliphatic carbocycles. The van der Waals surface area contributed by atoms with Gasteiger partial charge >= 0.3 is 5.63 Å². The van der Waals surface area contributed by atoms with Crippen LogP contribution in [-0.2, 0) is 13.2 Å². The second-order valence-corrected chi connectivity index (χ2v) is 7.61. The number of nitro benzene ring substituents is 1. The summed E-state index contributed by atoms with van der Waals surface area (Å²) in [6.07, 6.45) is 1.75. The van der Waals surface area contributed by atoms with Gasteiger partial charge in [-0.1, -0.05) is 17.3 Å². The molecule has 2 heterocycles. The van der Waals surface area contributed by atoms with E-state index in [9.17, 15) is 14.9 Å². The Bertz CT molecular complexity index is 1560. The van der Waals surface area contributed by atoms with E-state index in [1.54, 1.807) is 53.3 Å². The molecule has 0 fully saturated rings. The Balaban J connectivity index is 1.20. The number of ether oxygens (including phenoxy) is 2. The van der Waals surface area contributed by atoms with Crippen molar-refractivity contribution in [2.75, 3.05) is 0 Å². The molecule has 0 unspecified atom stereocenters. The highest BCUT2D eigenvalue weighted by Crippen LogP contribution is 2.21. The monoisotopic (exact) mass is 470 g/mol. The Labute approximate surface area is 198 Å². The molecule has 0 spiro atoms. The van der Waals surface area contributed by atoms with Gasteiger partial charge < -0.3 is 13.9 Å². The lowest BCUT2D eigenvalue weighted by atomic mass is 10.2. The van der Waals surface area contributed by atoms with Crippen LogP contribution in [0.4, 0.5) is 5.69 Å². The molecule has 35 heavy (non-hydrogen) atoms. The summed E-state index contributed by atoms with van der Waals surface area (Å²) in [4.78, 5) is 21.9. The first kappa shape index (κ1) is 21.8. The molecule has 10 nitrogen and oxygen atoms in total. The van der Waals surface area contributed by atoms with E-state index in [0.717, 1.165) is 11.1 Å². The molecule has 3 aromatic carbocycles. The molecule has 0 aliphatic rings. The van der Waals surface area contributed by atoms with Gasteiger partial charge in [0.15, 0.2) is 0 Å². The summed E-state index contributed by atoms with van der Waals surface area (Å²) in [6.45, 7) is 0.400. The minimum atomic E-state index is -0.434. The van der Waals surface area contributed by atoms with Gasteiger partial charge in [-0.2, -0.15) is 0 Å². The summed E-state index contributed by atoms with van der Waals surface area (Å²) in [5.41, 5.74) is 2.16. The summed E-state index contributed by atoms with van der Waals surface area (Å²) in [5.74, 6) is 1.17. The number of fused-ring (bicyclic) bond motifs is 1. The van der Waals surface area contributed by atoms with Crippen LogP contribution in [0, 0.1) is 10.1 Å². The maximum Gasteiger partial charge on any atom is 0.336 e. The zero-order valence-corrected chi connectivity index (χ0v) is 18.2. The molecule has 174 valence electrons. The van der Waals surface area contributed by atoms with Crippen LogP contribution < -0.4 is 15.1 Å². The quantitative estimate of drug-likeness (QED) is 0.185. The van der Waals surface area contributed by atoms with E-state index in [4.69, 9.17) is 13.9 Å². The molecule has 0 radical (unpaired) electrons. The first-order chi connectivity index (χ1) is 17.0. The molecule has 5 aromatic rings. The van der Waals surface area contributed by atoms with Crippen molar-refractivity contribution in [2.24, 2.45) is 0 Å². The van der Waals surface area contributed by atoms with E-state index in [1.807, 2.05) is 18.2 Å². The van der Waals surface area contributed by atoms with Gasteiger partial charge in [0, 0.05) is 29.7 Å². The average Bonchev–Trinajstić information content (AvgIpc) is 3.35. The third-order valence-corrected chi connectivity index (χ3v) is 5.15. The van der Waals surface area contributed by atoms with Crippen molar-refractivity contribution in [3.05, 3.63) is 117 Å². The zero-order valence-electron chi connectivity index (χ0n) is 18.2. The summed E-state index contributed by atoms with van der Waals surface area (Å²) in [7, 11) is 0. The lowest BCUT2D eigenvalue weighted by Gasteiger charge is -2.07. The molecule has 10 heteroatoms. The minimum absolute atomic E-state index is 0.0274. The first-order valence-corrected chi connectivity index (χ1v) is 10.6. The fourth-order valence-electron chi connectivity index (χ4n) is 3.40. The van der Waals surface area contributed by atoms with Crippen LogP contribution in [-0.4, -0.2) is 19.9 Å². The predicted molar refractivity (Wildman–Crippen MR) is 126 cm³/mol. The van der Waals surface area contributed by atoms with E-state index in [-0.39, 0.29) is 18.9 Å². The lowest BCUT2D eigenvalue weighted by Crippen LogP contribution is -1.98. The molecule has 0 N–H and O–H groups in total. The smallest absolute Gasteiger partial charge is 0.336 e. The number of nitro groups is 1. The Morgan fingerprint density at radius 1 is 0.914 bits per heavy atom. The molecule has 5 rings (SSSR count). The van der Waals surface area contributed by atoms with Crippen molar-refractivity contribution < 1.29 is 18.8 Å². The topological polar surface area (TPSA) is 123 Å². The molecule has 0 aliphatic heterocycles. The number of non-ortho nitro benzene ring substituents is 1. The summed E-state index contributed by atoms with van der Waals surface area (Å²) >= 11 is 0. The van der Waals surface area contributed by atoms with Gasteiger partial charge in [0.25, 0.3) is 5.69 Å². The molecular formula is C25H18N4O6. The van der Waals surface area contributed by atoms with Crippen LogP contribution in [0.15, 0.2) is 94.3 Å². The van der Waals surface area contributed by atoms with E-state index in [2.05, 4.69) is 10.3 Å². The number of aromatic nitrogens is 3.